The summed E-state index contributed by atoms with van der Waals surface area (Å²) < 4.78 is 5.19. The molecule has 1 aliphatic heterocycles. The van der Waals surface area contributed by atoms with E-state index in [0.29, 0.717) is 25.3 Å². The molecule has 0 spiro atoms. The van der Waals surface area contributed by atoms with Gasteiger partial charge in [-0.05, 0) is 33.1 Å². The molecule has 1 aliphatic rings. The van der Waals surface area contributed by atoms with E-state index in [2.05, 4.69) is 15.3 Å². The van der Waals surface area contributed by atoms with Gasteiger partial charge in [0.15, 0.2) is 0 Å². The first-order chi connectivity index (χ1) is 10.3. The number of hydrogen-bond acceptors (Lipinski definition) is 5. The Labute approximate surface area is 130 Å². The third-order valence-corrected chi connectivity index (χ3v) is 3.29. The molecular formula is C15H22N4O3. The lowest BCUT2D eigenvalue weighted by Crippen LogP contribution is -2.36. The number of aromatic nitrogens is 2. The van der Waals surface area contributed by atoms with Crippen molar-refractivity contribution in [2.45, 2.75) is 32.8 Å². The van der Waals surface area contributed by atoms with Crippen LogP contribution in [-0.2, 0) is 4.74 Å². The van der Waals surface area contributed by atoms with Crippen LogP contribution in [0.5, 0.6) is 0 Å². The van der Waals surface area contributed by atoms with E-state index in [1.807, 2.05) is 20.8 Å². The molecule has 2 heterocycles. The highest BCUT2D eigenvalue weighted by atomic mass is 16.6. The van der Waals surface area contributed by atoms with Crippen molar-refractivity contribution in [1.82, 2.24) is 20.2 Å². The molecule has 1 atom stereocenters. The summed E-state index contributed by atoms with van der Waals surface area (Å²) in [4.78, 5) is 33.5. The van der Waals surface area contributed by atoms with E-state index in [0.717, 1.165) is 6.42 Å². The van der Waals surface area contributed by atoms with Gasteiger partial charge >= 0.3 is 6.09 Å². The second-order valence-electron chi connectivity index (χ2n) is 6.38. The molecule has 0 aromatic carbocycles. The third-order valence-electron chi connectivity index (χ3n) is 3.29. The van der Waals surface area contributed by atoms with Crippen molar-refractivity contribution in [3.8, 4) is 0 Å². The minimum atomic E-state index is -0.506. The molecule has 1 aromatic heterocycles. The Morgan fingerprint density at radius 2 is 2.18 bits per heavy atom. The number of carbonyl (C=O) groups excluding carboxylic acids is 2. The third kappa shape index (κ3) is 4.68. The molecule has 1 aromatic rings. The van der Waals surface area contributed by atoms with Crippen molar-refractivity contribution in [3.05, 3.63) is 24.3 Å². The average molecular weight is 306 g/mol. The molecule has 1 saturated heterocycles. The molecule has 0 saturated carbocycles. The minimum Gasteiger partial charge on any atom is -0.444 e. The van der Waals surface area contributed by atoms with Crippen LogP contribution in [0, 0.1) is 5.92 Å². The Kier molecular flexibility index (Phi) is 4.95. The van der Waals surface area contributed by atoms with Gasteiger partial charge in [0, 0.05) is 32.0 Å². The highest BCUT2D eigenvalue weighted by Gasteiger charge is 2.28. The van der Waals surface area contributed by atoms with Crippen LogP contribution in [0.1, 0.15) is 37.7 Å². The van der Waals surface area contributed by atoms with Gasteiger partial charge < -0.3 is 15.0 Å². The zero-order chi connectivity index (χ0) is 16.2. The summed E-state index contributed by atoms with van der Waals surface area (Å²) in [7, 11) is 0. The summed E-state index contributed by atoms with van der Waals surface area (Å²) in [6.07, 6.45) is 4.93. The van der Waals surface area contributed by atoms with Gasteiger partial charge in [-0.1, -0.05) is 0 Å². The molecule has 2 amide bonds. The van der Waals surface area contributed by atoms with Crippen LogP contribution in [0.25, 0.3) is 0 Å². The van der Waals surface area contributed by atoms with Gasteiger partial charge in [0.1, 0.15) is 11.3 Å². The van der Waals surface area contributed by atoms with Crippen LogP contribution in [0.4, 0.5) is 4.79 Å². The zero-order valence-electron chi connectivity index (χ0n) is 13.2. The highest BCUT2D eigenvalue weighted by molar-refractivity contribution is 5.92. The number of rotatable bonds is 3. The van der Waals surface area contributed by atoms with E-state index in [-0.39, 0.29) is 11.8 Å². The zero-order valence-corrected chi connectivity index (χ0v) is 13.2. The van der Waals surface area contributed by atoms with Crippen molar-refractivity contribution in [2.24, 2.45) is 5.92 Å². The molecule has 0 radical (unpaired) electrons. The molecule has 1 fully saturated rings. The molecule has 7 heteroatoms. The fraction of sp³-hybridized carbons (Fsp3) is 0.600. The van der Waals surface area contributed by atoms with Crippen LogP contribution < -0.4 is 5.32 Å². The number of carbonyl (C=O) groups is 2. The van der Waals surface area contributed by atoms with E-state index in [9.17, 15) is 9.59 Å². The van der Waals surface area contributed by atoms with Crippen LogP contribution in [0.15, 0.2) is 18.6 Å². The first-order valence-corrected chi connectivity index (χ1v) is 7.37. The molecule has 7 nitrogen and oxygen atoms in total. The second kappa shape index (κ2) is 6.72. The summed E-state index contributed by atoms with van der Waals surface area (Å²) in [5.74, 6) is 0.112. The van der Waals surface area contributed by atoms with E-state index in [1.54, 1.807) is 4.90 Å². The summed E-state index contributed by atoms with van der Waals surface area (Å²) >= 11 is 0. The van der Waals surface area contributed by atoms with Gasteiger partial charge in [-0.2, -0.15) is 0 Å². The number of hydrogen-bond donors (Lipinski definition) is 1. The first kappa shape index (κ1) is 16.2. The smallest absolute Gasteiger partial charge is 0.407 e. The van der Waals surface area contributed by atoms with E-state index >= 15 is 0 Å². The van der Waals surface area contributed by atoms with Crippen molar-refractivity contribution >= 4 is 12.0 Å². The van der Waals surface area contributed by atoms with Gasteiger partial charge in [0.05, 0.1) is 6.20 Å². The lowest BCUT2D eigenvalue weighted by atomic mass is 10.1. The molecule has 2 rings (SSSR count). The van der Waals surface area contributed by atoms with Gasteiger partial charge in [0.2, 0.25) is 0 Å². The van der Waals surface area contributed by atoms with Gasteiger partial charge in [-0.15, -0.1) is 0 Å². The van der Waals surface area contributed by atoms with Gasteiger partial charge in [-0.3, -0.25) is 9.78 Å². The Morgan fingerprint density at radius 3 is 2.82 bits per heavy atom. The molecular weight excluding hydrogens is 284 g/mol. The Morgan fingerprint density at radius 1 is 1.41 bits per heavy atom. The number of nitrogens with one attached hydrogen (secondary N) is 1. The van der Waals surface area contributed by atoms with E-state index in [4.69, 9.17) is 4.74 Å². The van der Waals surface area contributed by atoms with Crippen LogP contribution >= 0.6 is 0 Å². The first-order valence-electron chi connectivity index (χ1n) is 7.37. The maximum Gasteiger partial charge on any atom is 0.407 e. The lowest BCUT2D eigenvalue weighted by molar-refractivity contribution is 0.0520. The summed E-state index contributed by atoms with van der Waals surface area (Å²) in [6.45, 7) is 7.23. The monoisotopic (exact) mass is 306 g/mol. The predicted molar refractivity (Wildman–Crippen MR) is 80.3 cm³/mol. The molecule has 0 bridgehead atoms. The number of ether oxygens (including phenoxy) is 1. The van der Waals surface area contributed by atoms with E-state index < -0.39 is 11.7 Å². The predicted octanol–water partition coefficient (Wildman–Crippen LogP) is 1.46. The molecule has 120 valence electrons. The fourth-order valence-electron chi connectivity index (χ4n) is 2.30. The summed E-state index contributed by atoms with van der Waals surface area (Å²) in [5.41, 5.74) is -0.156. The molecule has 1 N–H and O–H groups in total. The Balaban J connectivity index is 1.78. The maximum atomic E-state index is 12.2. The summed E-state index contributed by atoms with van der Waals surface area (Å²) in [6, 6.07) is 0. The summed E-state index contributed by atoms with van der Waals surface area (Å²) in [5, 5.41) is 2.75. The van der Waals surface area contributed by atoms with Crippen LogP contribution in [0.2, 0.25) is 0 Å². The molecule has 22 heavy (non-hydrogen) atoms. The van der Waals surface area contributed by atoms with E-state index in [1.165, 1.54) is 18.6 Å². The topological polar surface area (TPSA) is 84.4 Å². The number of likely N-dealkylation sites (tertiary alicyclic amines) is 1. The Hall–Kier alpha value is -2.18. The van der Waals surface area contributed by atoms with Crippen molar-refractivity contribution < 1.29 is 14.3 Å². The standard InChI is InChI=1S/C15H22N4O3/c1-15(2,3)22-14(21)18-8-11-4-7-19(10-11)13(20)12-9-16-5-6-17-12/h5-6,9,11H,4,7-8,10H2,1-3H3,(H,18,21)/t11-/m1/s1. The SMILES string of the molecule is CC(C)(C)OC(=O)NC[C@H]1CCN(C(=O)c2cnccn2)C1. The van der Waals surface area contributed by atoms with Crippen molar-refractivity contribution in [2.75, 3.05) is 19.6 Å². The second-order valence-corrected chi connectivity index (χ2v) is 6.38. The highest BCUT2D eigenvalue weighted by Crippen LogP contribution is 2.17. The minimum absolute atomic E-state index is 0.118. The Bertz CT molecular complexity index is 527. The fourth-order valence-corrected chi connectivity index (χ4v) is 2.30. The van der Waals surface area contributed by atoms with Gasteiger partial charge in [-0.25, -0.2) is 9.78 Å². The van der Waals surface area contributed by atoms with Crippen molar-refractivity contribution in [1.29, 1.82) is 0 Å². The van der Waals surface area contributed by atoms with Crippen LogP contribution in [-0.4, -0.2) is 52.1 Å². The number of alkyl carbamates (subject to hydrolysis) is 1. The lowest BCUT2D eigenvalue weighted by Gasteiger charge is -2.21. The molecule has 0 unspecified atom stereocenters. The quantitative estimate of drug-likeness (QED) is 0.914. The maximum absolute atomic E-state index is 12.2. The average Bonchev–Trinajstić information content (AvgIpc) is 2.92. The normalized spacial score (nSPS) is 18.1. The van der Waals surface area contributed by atoms with Gasteiger partial charge in [0.25, 0.3) is 5.91 Å². The number of nitrogens with zero attached hydrogens (tertiary/aromatic N) is 3. The number of amides is 2. The van der Waals surface area contributed by atoms with Crippen molar-refractivity contribution in [3.63, 3.8) is 0 Å². The molecule has 0 aliphatic carbocycles. The largest absolute Gasteiger partial charge is 0.444 e. The van der Waals surface area contributed by atoms with Crippen LogP contribution in [0.3, 0.4) is 0 Å².